The maximum atomic E-state index is 5.76. The minimum atomic E-state index is 0.506. The summed E-state index contributed by atoms with van der Waals surface area (Å²) in [4.78, 5) is 2.24. The molecule has 0 radical (unpaired) electrons. The summed E-state index contributed by atoms with van der Waals surface area (Å²) in [5.74, 6) is 0.506. The number of para-hydroxylation sites is 1. The van der Waals surface area contributed by atoms with E-state index < -0.39 is 0 Å². The molecule has 0 amide bonds. The van der Waals surface area contributed by atoms with Gasteiger partial charge in [0.25, 0.3) is 0 Å². The molecule has 2 aromatic rings. The fourth-order valence-electron chi connectivity index (χ4n) is 2.43. The van der Waals surface area contributed by atoms with Gasteiger partial charge in [0.15, 0.2) is 0 Å². The van der Waals surface area contributed by atoms with Gasteiger partial charge in [0.05, 0.1) is 0 Å². The van der Waals surface area contributed by atoms with Gasteiger partial charge in [-0.25, -0.2) is 0 Å². The van der Waals surface area contributed by atoms with Crippen LogP contribution < -0.4 is 10.6 Å². The average Bonchev–Trinajstić information content (AvgIpc) is 2.38. The quantitative estimate of drug-likeness (QED) is 0.819. The number of hydrogen-bond donors (Lipinski definition) is 1. The van der Waals surface area contributed by atoms with Gasteiger partial charge < -0.3 is 10.6 Å². The predicted molar refractivity (Wildman–Crippen MR) is 84.2 cm³/mol. The molecule has 19 heavy (non-hydrogen) atoms. The van der Waals surface area contributed by atoms with Crippen LogP contribution in [0.3, 0.4) is 0 Å². The minimum absolute atomic E-state index is 0.506. The lowest BCUT2D eigenvalue weighted by Gasteiger charge is -2.26. The van der Waals surface area contributed by atoms with Crippen molar-refractivity contribution in [1.82, 2.24) is 0 Å². The standard InChI is InChI=1S/C17H22N2/c1-12(2)16-7-5-6-13(3)17(16)19(4)15-10-8-14(18)9-11-15/h5-12H,18H2,1-4H3. The predicted octanol–water partition coefficient (Wildman–Crippen LogP) is 4.47. The van der Waals surface area contributed by atoms with Crippen LogP contribution >= 0.6 is 0 Å². The lowest BCUT2D eigenvalue weighted by Crippen LogP contribution is -2.14. The summed E-state index contributed by atoms with van der Waals surface area (Å²) in [5.41, 5.74) is 11.7. The molecule has 0 aliphatic rings. The van der Waals surface area contributed by atoms with Gasteiger partial charge in [-0.2, -0.15) is 0 Å². The van der Waals surface area contributed by atoms with Gasteiger partial charge in [-0.15, -0.1) is 0 Å². The van der Waals surface area contributed by atoms with E-state index in [9.17, 15) is 0 Å². The van der Waals surface area contributed by atoms with Crippen molar-refractivity contribution in [3.8, 4) is 0 Å². The zero-order valence-electron chi connectivity index (χ0n) is 12.1. The van der Waals surface area contributed by atoms with E-state index in [4.69, 9.17) is 5.73 Å². The molecule has 0 aliphatic heterocycles. The number of anilines is 3. The van der Waals surface area contributed by atoms with E-state index in [1.807, 2.05) is 12.1 Å². The monoisotopic (exact) mass is 254 g/mol. The third-order valence-electron chi connectivity index (χ3n) is 3.51. The van der Waals surface area contributed by atoms with Crippen molar-refractivity contribution < 1.29 is 0 Å². The molecular weight excluding hydrogens is 232 g/mol. The Morgan fingerprint density at radius 3 is 2.21 bits per heavy atom. The summed E-state index contributed by atoms with van der Waals surface area (Å²) < 4.78 is 0. The Morgan fingerprint density at radius 2 is 1.63 bits per heavy atom. The zero-order valence-corrected chi connectivity index (χ0v) is 12.1. The van der Waals surface area contributed by atoms with Crippen molar-refractivity contribution in [2.75, 3.05) is 17.7 Å². The van der Waals surface area contributed by atoms with E-state index in [1.54, 1.807) is 0 Å². The van der Waals surface area contributed by atoms with Crippen LogP contribution in [0.25, 0.3) is 0 Å². The Hall–Kier alpha value is -1.96. The fraction of sp³-hybridized carbons (Fsp3) is 0.294. The van der Waals surface area contributed by atoms with Crippen LogP contribution in [0.4, 0.5) is 17.1 Å². The molecule has 2 aromatic carbocycles. The number of aryl methyl sites for hydroxylation is 1. The normalized spacial score (nSPS) is 10.8. The van der Waals surface area contributed by atoms with Gasteiger partial charge in [-0.05, 0) is 48.2 Å². The smallest absolute Gasteiger partial charge is 0.0472 e. The van der Waals surface area contributed by atoms with E-state index in [0.29, 0.717) is 5.92 Å². The van der Waals surface area contributed by atoms with Gasteiger partial charge in [0.1, 0.15) is 0 Å². The number of rotatable bonds is 3. The van der Waals surface area contributed by atoms with Crippen LogP contribution in [0.15, 0.2) is 42.5 Å². The van der Waals surface area contributed by atoms with Crippen LogP contribution in [-0.2, 0) is 0 Å². The first-order chi connectivity index (χ1) is 9.00. The number of nitrogens with two attached hydrogens (primary N) is 1. The second-order valence-corrected chi connectivity index (χ2v) is 5.32. The Labute approximate surface area is 115 Å². The van der Waals surface area contributed by atoms with Gasteiger partial charge in [0, 0.05) is 24.1 Å². The van der Waals surface area contributed by atoms with Crippen LogP contribution in [0.1, 0.15) is 30.9 Å². The number of hydrogen-bond acceptors (Lipinski definition) is 2. The molecule has 0 saturated carbocycles. The topological polar surface area (TPSA) is 29.3 Å². The highest BCUT2D eigenvalue weighted by Gasteiger charge is 2.14. The van der Waals surface area contributed by atoms with E-state index in [0.717, 1.165) is 11.4 Å². The van der Waals surface area contributed by atoms with Crippen LogP contribution in [0, 0.1) is 6.92 Å². The van der Waals surface area contributed by atoms with Gasteiger partial charge >= 0.3 is 0 Å². The zero-order chi connectivity index (χ0) is 14.0. The third-order valence-corrected chi connectivity index (χ3v) is 3.51. The molecular formula is C17H22N2. The summed E-state index contributed by atoms with van der Waals surface area (Å²) in [5, 5.41) is 0. The molecule has 2 heteroatoms. The second kappa shape index (κ2) is 5.35. The molecule has 0 heterocycles. The summed E-state index contributed by atoms with van der Waals surface area (Å²) in [7, 11) is 2.11. The molecule has 0 fully saturated rings. The van der Waals surface area contributed by atoms with Crippen LogP contribution in [-0.4, -0.2) is 7.05 Å². The first-order valence-electron chi connectivity index (χ1n) is 6.69. The highest BCUT2D eigenvalue weighted by Crippen LogP contribution is 2.34. The Morgan fingerprint density at radius 1 is 1.00 bits per heavy atom. The van der Waals surface area contributed by atoms with E-state index in [-0.39, 0.29) is 0 Å². The highest BCUT2D eigenvalue weighted by atomic mass is 15.1. The molecule has 0 aliphatic carbocycles. The molecule has 2 rings (SSSR count). The molecule has 0 atom stereocenters. The summed E-state index contributed by atoms with van der Waals surface area (Å²) in [6.45, 7) is 6.62. The number of benzene rings is 2. The molecule has 0 bridgehead atoms. The van der Waals surface area contributed by atoms with Crippen molar-refractivity contribution in [1.29, 1.82) is 0 Å². The second-order valence-electron chi connectivity index (χ2n) is 5.32. The number of nitrogen functional groups attached to an aromatic ring is 1. The van der Waals surface area contributed by atoms with Crippen molar-refractivity contribution >= 4 is 17.1 Å². The minimum Gasteiger partial charge on any atom is -0.399 e. The molecule has 0 spiro atoms. The highest BCUT2D eigenvalue weighted by molar-refractivity contribution is 5.70. The molecule has 0 unspecified atom stereocenters. The van der Waals surface area contributed by atoms with Crippen molar-refractivity contribution in [3.63, 3.8) is 0 Å². The lowest BCUT2D eigenvalue weighted by molar-refractivity contribution is 0.860. The average molecular weight is 254 g/mol. The Balaban J connectivity index is 2.49. The summed E-state index contributed by atoms with van der Waals surface area (Å²) >= 11 is 0. The van der Waals surface area contributed by atoms with Crippen molar-refractivity contribution in [2.45, 2.75) is 26.7 Å². The first-order valence-corrected chi connectivity index (χ1v) is 6.69. The first kappa shape index (κ1) is 13.5. The summed E-state index contributed by atoms with van der Waals surface area (Å²) in [6, 6.07) is 14.5. The lowest BCUT2D eigenvalue weighted by atomic mass is 9.97. The largest absolute Gasteiger partial charge is 0.399 e. The Bertz CT molecular complexity index is 556. The van der Waals surface area contributed by atoms with Gasteiger partial charge in [0.2, 0.25) is 0 Å². The van der Waals surface area contributed by atoms with Crippen molar-refractivity contribution in [3.05, 3.63) is 53.6 Å². The van der Waals surface area contributed by atoms with Crippen molar-refractivity contribution in [2.24, 2.45) is 0 Å². The van der Waals surface area contributed by atoms with E-state index >= 15 is 0 Å². The van der Waals surface area contributed by atoms with Gasteiger partial charge in [-0.1, -0.05) is 32.0 Å². The van der Waals surface area contributed by atoms with Crippen LogP contribution in [0.2, 0.25) is 0 Å². The van der Waals surface area contributed by atoms with E-state index in [2.05, 4.69) is 63.1 Å². The summed E-state index contributed by atoms with van der Waals surface area (Å²) in [6.07, 6.45) is 0. The Kier molecular flexibility index (Phi) is 3.79. The van der Waals surface area contributed by atoms with Crippen LogP contribution in [0.5, 0.6) is 0 Å². The SMILES string of the molecule is Cc1cccc(C(C)C)c1N(C)c1ccc(N)cc1. The molecule has 0 saturated heterocycles. The van der Waals surface area contributed by atoms with Gasteiger partial charge in [-0.3, -0.25) is 0 Å². The maximum Gasteiger partial charge on any atom is 0.0472 e. The molecule has 100 valence electrons. The third kappa shape index (κ3) is 2.73. The molecule has 2 N–H and O–H groups in total. The molecule has 0 aromatic heterocycles. The maximum absolute atomic E-state index is 5.76. The van der Waals surface area contributed by atoms with E-state index in [1.165, 1.54) is 16.8 Å². The number of nitrogens with zero attached hydrogens (tertiary/aromatic N) is 1. The fourth-order valence-corrected chi connectivity index (χ4v) is 2.43. The molecule has 2 nitrogen and oxygen atoms in total.